The van der Waals surface area contributed by atoms with Crippen molar-refractivity contribution in [2.75, 3.05) is 0 Å². The minimum atomic E-state index is -0.917. The first-order valence-corrected chi connectivity index (χ1v) is 3.38. The minimum Gasteiger partial charge on any atom is -0.424 e. The first-order valence-electron chi connectivity index (χ1n) is 3.38. The molecule has 0 radical (unpaired) electrons. The molecule has 0 bridgehead atoms. The Balaban J connectivity index is 3.03. The van der Waals surface area contributed by atoms with Crippen LogP contribution in [0.4, 0.5) is 8.78 Å². The van der Waals surface area contributed by atoms with Crippen LogP contribution in [0.5, 0.6) is 0 Å². The summed E-state index contributed by atoms with van der Waals surface area (Å²) >= 11 is 0. The molecule has 0 aliphatic rings. The molecule has 13 heavy (non-hydrogen) atoms. The Morgan fingerprint density at radius 2 is 2.08 bits per heavy atom. The molecule has 0 saturated carbocycles. The van der Waals surface area contributed by atoms with E-state index in [9.17, 15) is 13.6 Å². The molecule has 4 nitrogen and oxygen atoms in total. The number of nitrogens with one attached hydrogen (secondary N) is 1. The summed E-state index contributed by atoms with van der Waals surface area (Å²) in [6.07, 6.45) is 0. The van der Waals surface area contributed by atoms with Gasteiger partial charge in [0.25, 0.3) is 0 Å². The molecule has 0 saturated heterocycles. The fourth-order valence-electron chi connectivity index (χ4n) is 1.12. The molecule has 0 atom stereocenters. The highest BCUT2D eigenvalue weighted by Gasteiger charge is 2.11. The number of fused-ring (bicyclic) bond motifs is 1. The van der Waals surface area contributed by atoms with Crippen LogP contribution >= 0.6 is 0 Å². The number of nitrogens with zero attached hydrogens (tertiary/aromatic N) is 1. The summed E-state index contributed by atoms with van der Waals surface area (Å²) in [5.41, 5.74) is -1.34. The smallest absolute Gasteiger partial charge is 0.359 e. The second-order valence-corrected chi connectivity index (χ2v) is 2.52. The van der Waals surface area contributed by atoms with Gasteiger partial charge in [0, 0.05) is 12.1 Å². The summed E-state index contributed by atoms with van der Waals surface area (Å²) in [5, 5.41) is 8.99. The van der Waals surface area contributed by atoms with Crippen LogP contribution in [0.3, 0.4) is 0 Å². The highest BCUT2D eigenvalue weighted by Crippen LogP contribution is 2.14. The molecule has 1 aromatic heterocycles. The zero-order chi connectivity index (χ0) is 9.59. The van der Waals surface area contributed by atoms with Crippen molar-refractivity contribution in [2.24, 2.45) is 0 Å². The number of hydrogen-bond acceptors (Lipinski definition) is 2. The Kier molecular flexibility index (Phi) is 1.39. The number of aromatic nitrogens is 2. The lowest BCUT2D eigenvalue weighted by Crippen LogP contribution is -2.12. The van der Waals surface area contributed by atoms with Gasteiger partial charge < -0.3 is 10.2 Å². The monoisotopic (exact) mass is 186 g/mol. The van der Waals surface area contributed by atoms with Crippen molar-refractivity contribution in [2.45, 2.75) is 0 Å². The van der Waals surface area contributed by atoms with Crippen LogP contribution in [0.25, 0.3) is 11.0 Å². The third-order valence-corrected chi connectivity index (χ3v) is 1.69. The van der Waals surface area contributed by atoms with Gasteiger partial charge in [0.05, 0.1) is 0 Å². The standard InChI is InChI=1S/C7H4F2N2O2/c8-3-1-4(9)6-5(2-3)11(13)7(12)10-6/h1-2,13H,(H,10,12). The van der Waals surface area contributed by atoms with Gasteiger partial charge in [0.15, 0.2) is 5.82 Å². The lowest BCUT2D eigenvalue weighted by atomic mass is 10.3. The van der Waals surface area contributed by atoms with Gasteiger partial charge in [-0.15, -0.1) is 4.73 Å². The average Bonchev–Trinajstić information content (AvgIpc) is 2.32. The van der Waals surface area contributed by atoms with Crippen LogP contribution in [0.2, 0.25) is 0 Å². The topological polar surface area (TPSA) is 58.0 Å². The van der Waals surface area contributed by atoms with Gasteiger partial charge in [-0.25, -0.2) is 13.6 Å². The molecule has 0 amide bonds. The first kappa shape index (κ1) is 7.78. The Morgan fingerprint density at radius 3 is 2.77 bits per heavy atom. The maximum Gasteiger partial charge on any atom is 0.359 e. The number of H-pyrrole nitrogens is 1. The van der Waals surface area contributed by atoms with E-state index in [2.05, 4.69) is 0 Å². The van der Waals surface area contributed by atoms with E-state index in [-0.39, 0.29) is 15.8 Å². The van der Waals surface area contributed by atoms with Crippen molar-refractivity contribution in [1.82, 2.24) is 9.71 Å². The van der Waals surface area contributed by atoms with Crippen LogP contribution in [0, 0.1) is 11.6 Å². The van der Waals surface area contributed by atoms with Crippen molar-refractivity contribution >= 4 is 11.0 Å². The van der Waals surface area contributed by atoms with Gasteiger partial charge in [0.1, 0.15) is 16.9 Å². The molecule has 0 fully saturated rings. The molecule has 0 unspecified atom stereocenters. The zero-order valence-electron chi connectivity index (χ0n) is 6.21. The number of halogens is 2. The van der Waals surface area contributed by atoms with E-state index >= 15 is 0 Å². The Hall–Kier alpha value is -1.85. The maximum atomic E-state index is 12.9. The van der Waals surface area contributed by atoms with Gasteiger partial charge in [-0.1, -0.05) is 0 Å². The first-order chi connectivity index (χ1) is 6.09. The SMILES string of the molecule is O=c1[nH]c2c(F)cc(F)cc2n1O. The molecular formula is C7H4F2N2O2. The van der Waals surface area contributed by atoms with Gasteiger partial charge in [-0.05, 0) is 0 Å². The van der Waals surface area contributed by atoms with Crippen molar-refractivity contribution < 1.29 is 14.0 Å². The summed E-state index contributed by atoms with van der Waals surface area (Å²) in [7, 11) is 0. The van der Waals surface area contributed by atoms with Crippen molar-refractivity contribution in [3.05, 3.63) is 34.3 Å². The molecule has 0 aliphatic carbocycles. The minimum absolute atomic E-state index is 0.154. The van der Waals surface area contributed by atoms with Crippen LogP contribution in [0.15, 0.2) is 16.9 Å². The second-order valence-electron chi connectivity index (χ2n) is 2.52. The van der Waals surface area contributed by atoms with Crippen LogP contribution in [0.1, 0.15) is 0 Å². The van der Waals surface area contributed by atoms with E-state index < -0.39 is 17.3 Å². The predicted molar refractivity (Wildman–Crippen MR) is 39.7 cm³/mol. The van der Waals surface area contributed by atoms with Crippen LogP contribution in [-0.2, 0) is 0 Å². The molecule has 2 N–H and O–H groups in total. The number of benzene rings is 1. The Labute approximate surface area is 70.0 Å². The molecule has 2 rings (SSSR count). The lowest BCUT2D eigenvalue weighted by molar-refractivity contribution is 0.188. The largest absolute Gasteiger partial charge is 0.424 e. The number of hydrogen-bond donors (Lipinski definition) is 2. The van der Waals surface area contributed by atoms with E-state index in [1.165, 1.54) is 0 Å². The van der Waals surface area contributed by atoms with Crippen LogP contribution < -0.4 is 5.69 Å². The highest BCUT2D eigenvalue weighted by atomic mass is 19.1. The molecule has 1 heterocycles. The van der Waals surface area contributed by atoms with Gasteiger partial charge in [0.2, 0.25) is 0 Å². The molecule has 1 aromatic carbocycles. The number of rotatable bonds is 0. The Bertz CT molecular complexity index is 529. The predicted octanol–water partition coefficient (Wildman–Crippen LogP) is 0.845. The molecule has 68 valence electrons. The third-order valence-electron chi connectivity index (χ3n) is 1.69. The Morgan fingerprint density at radius 1 is 1.38 bits per heavy atom. The average molecular weight is 186 g/mol. The summed E-state index contributed by atoms with van der Waals surface area (Å²) in [6, 6.07) is 1.48. The lowest BCUT2D eigenvalue weighted by Gasteiger charge is -1.93. The molecule has 0 aliphatic heterocycles. The number of aromatic amines is 1. The van der Waals surface area contributed by atoms with Crippen molar-refractivity contribution in [3.8, 4) is 0 Å². The molecular weight excluding hydrogens is 182 g/mol. The van der Waals surface area contributed by atoms with Gasteiger partial charge >= 0.3 is 5.69 Å². The maximum absolute atomic E-state index is 12.9. The summed E-state index contributed by atoms with van der Waals surface area (Å²) in [4.78, 5) is 12.8. The van der Waals surface area contributed by atoms with Crippen molar-refractivity contribution in [3.63, 3.8) is 0 Å². The van der Waals surface area contributed by atoms with Gasteiger partial charge in [-0.2, -0.15) is 0 Å². The zero-order valence-corrected chi connectivity index (χ0v) is 6.21. The van der Waals surface area contributed by atoms with E-state index in [1.54, 1.807) is 0 Å². The normalized spacial score (nSPS) is 10.9. The second kappa shape index (κ2) is 2.32. The van der Waals surface area contributed by atoms with Crippen molar-refractivity contribution in [1.29, 1.82) is 0 Å². The fourth-order valence-corrected chi connectivity index (χ4v) is 1.12. The third kappa shape index (κ3) is 0.986. The fraction of sp³-hybridized carbons (Fsp3) is 0. The quantitative estimate of drug-likeness (QED) is 0.599. The summed E-state index contributed by atoms with van der Waals surface area (Å²) in [6.45, 7) is 0. The summed E-state index contributed by atoms with van der Waals surface area (Å²) in [5.74, 6) is -1.77. The van der Waals surface area contributed by atoms with E-state index in [0.717, 1.165) is 6.07 Å². The highest BCUT2D eigenvalue weighted by molar-refractivity contribution is 5.75. The molecule has 2 aromatic rings. The number of imidazole rings is 1. The van der Waals surface area contributed by atoms with E-state index in [0.29, 0.717) is 6.07 Å². The molecule has 0 spiro atoms. The van der Waals surface area contributed by atoms with E-state index in [4.69, 9.17) is 5.21 Å². The van der Waals surface area contributed by atoms with Gasteiger partial charge in [-0.3, -0.25) is 0 Å². The van der Waals surface area contributed by atoms with E-state index in [1.807, 2.05) is 4.98 Å². The summed E-state index contributed by atoms with van der Waals surface area (Å²) < 4.78 is 25.7. The van der Waals surface area contributed by atoms with Crippen LogP contribution in [-0.4, -0.2) is 14.9 Å². The molecule has 6 heteroatoms.